The Labute approximate surface area is 285 Å². The largest absolute Gasteiger partial charge is 0.496 e. The molecule has 4 atom stereocenters. The topological polar surface area (TPSA) is 84.9 Å². The third-order valence-electron chi connectivity index (χ3n) is 8.67. The molecule has 2 aliphatic rings. The van der Waals surface area contributed by atoms with Gasteiger partial charge in [-0.3, -0.25) is 0 Å². The van der Waals surface area contributed by atoms with Gasteiger partial charge in [0, 0.05) is 11.3 Å². The van der Waals surface area contributed by atoms with Crippen LogP contribution in [0, 0.1) is 0 Å². The van der Waals surface area contributed by atoms with Gasteiger partial charge in [-0.05, 0) is 81.8 Å². The second-order valence-electron chi connectivity index (χ2n) is 14.2. The smallest absolute Gasteiger partial charge is 0.410 e. The zero-order valence-electron chi connectivity index (χ0n) is 29.7. The minimum Gasteiger partial charge on any atom is -0.496 e. The van der Waals surface area contributed by atoms with Crippen LogP contribution in [0.2, 0.25) is 0 Å². The molecule has 262 valence electrons. The van der Waals surface area contributed by atoms with Gasteiger partial charge in [0.25, 0.3) is 0 Å². The Hall–Kier alpha value is -3.37. The number of methoxy groups -OCH3 is 1. The summed E-state index contributed by atoms with van der Waals surface area (Å²) in [5.74, 6) is 0.774. The van der Waals surface area contributed by atoms with Crippen LogP contribution in [-0.2, 0) is 30.3 Å². The van der Waals surface area contributed by atoms with E-state index in [0.29, 0.717) is 39.5 Å². The van der Waals surface area contributed by atoms with Crippen molar-refractivity contribution < 1.29 is 38.0 Å². The van der Waals surface area contributed by atoms with Crippen molar-refractivity contribution in [2.75, 3.05) is 40.0 Å². The number of carbonyl (C=O) groups is 1. The van der Waals surface area contributed by atoms with Crippen LogP contribution in [-0.4, -0.2) is 80.7 Å². The number of nitrogens with zero attached hydrogens (tertiary/aromatic N) is 1. The van der Waals surface area contributed by atoms with Crippen LogP contribution in [0.1, 0.15) is 77.8 Å². The Balaban J connectivity index is 1.43. The summed E-state index contributed by atoms with van der Waals surface area (Å²) in [6.07, 6.45) is 1.90. The molecular formula is C39H53NO8. The van der Waals surface area contributed by atoms with Crippen LogP contribution in [0.25, 0.3) is 10.8 Å². The fourth-order valence-corrected chi connectivity index (χ4v) is 6.39. The highest BCUT2D eigenvalue weighted by Gasteiger charge is 2.43. The average Bonchev–Trinajstić information content (AvgIpc) is 3.41. The first kappa shape index (κ1) is 35.9. The number of likely N-dealkylation sites (tertiary alicyclic amines) is 1. The molecule has 9 nitrogen and oxygen atoms in total. The molecule has 5 rings (SSSR count). The van der Waals surface area contributed by atoms with Crippen LogP contribution in [0.4, 0.5) is 4.79 Å². The third kappa shape index (κ3) is 9.62. The Morgan fingerprint density at radius 2 is 1.71 bits per heavy atom. The summed E-state index contributed by atoms with van der Waals surface area (Å²) in [7, 11) is 1.68. The van der Waals surface area contributed by atoms with Gasteiger partial charge in [0.2, 0.25) is 0 Å². The number of piperidine rings is 1. The number of rotatable bonds is 13. The standard InChI is InChI=1S/C39H53NO8/c1-8-9-12-19-43-30-17-15-28(16-18-30)36-34(44-24-27-20-29-13-10-11-14-32(29)33(21-27)42-7)22-40(37(41)48-38(2,3)4)23-35(36)45-25-31-26-46-39(5,6)47-31/h10-11,13-18,20-21,31,34-36H,8-9,12,19,22-26H2,1-7H3/t31-,34-,35+,36+/m0/s1. The summed E-state index contributed by atoms with van der Waals surface area (Å²) >= 11 is 0. The molecule has 3 aromatic rings. The number of fused-ring (bicyclic) bond motifs is 1. The molecule has 0 aliphatic carbocycles. The summed E-state index contributed by atoms with van der Waals surface area (Å²) in [4.78, 5) is 15.2. The summed E-state index contributed by atoms with van der Waals surface area (Å²) in [6, 6.07) is 20.5. The number of carbonyl (C=O) groups excluding carboxylic acids is 1. The molecule has 3 aromatic carbocycles. The van der Waals surface area contributed by atoms with Gasteiger partial charge >= 0.3 is 6.09 Å². The monoisotopic (exact) mass is 663 g/mol. The summed E-state index contributed by atoms with van der Waals surface area (Å²) in [5.41, 5.74) is 1.39. The summed E-state index contributed by atoms with van der Waals surface area (Å²) < 4.78 is 42.9. The van der Waals surface area contributed by atoms with Gasteiger partial charge in [-0.15, -0.1) is 0 Å². The van der Waals surface area contributed by atoms with Crippen molar-refractivity contribution in [1.29, 1.82) is 0 Å². The first-order chi connectivity index (χ1) is 22.9. The SMILES string of the molecule is CCCCCOc1ccc([C@@H]2[C@@H](OCc3cc(OC)c4ccccc4c3)CN(C(=O)OC(C)(C)C)C[C@H]2OC[C@H]2COC(C)(C)O2)cc1. The van der Waals surface area contributed by atoms with Gasteiger partial charge < -0.3 is 38.1 Å². The van der Waals surface area contributed by atoms with E-state index in [2.05, 4.69) is 31.2 Å². The first-order valence-corrected chi connectivity index (χ1v) is 17.3. The van der Waals surface area contributed by atoms with E-state index in [1.165, 1.54) is 0 Å². The van der Waals surface area contributed by atoms with Crippen molar-refractivity contribution >= 4 is 16.9 Å². The molecule has 2 heterocycles. The molecular weight excluding hydrogens is 610 g/mol. The first-order valence-electron chi connectivity index (χ1n) is 17.3. The molecule has 1 amide bonds. The Morgan fingerprint density at radius 3 is 2.38 bits per heavy atom. The van der Waals surface area contributed by atoms with Crippen molar-refractivity contribution in [1.82, 2.24) is 4.90 Å². The van der Waals surface area contributed by atoms with Gasteiger partial charge in [0.15, 0.2) is 5.79 Å². The fourth-order valence-electron chi connectivity index (χ4n) is 6.39. The number of hydrogen-bond donors (Lipinski definition) is 0. The normalized spacial score (nSPS) is 22.5. The lowest BCUT2D eigenvalue weighted by Gasteiger charge is -2.44. The molecule has 0 saturated carbocycles. The predicted octanol–water partition coefficient (Wildman–Crippen LogP) is 7.87. The van der Waals surface area contributed by atoms with E-state index < -0.39 is 29.7 Å². The third-order valence-corrected chi connectivity index (χ3v) is 8.67. The highest BCUT2D eigenvalue weighted by atomic mass is 16.7. The van der Waals surface area contributed by atoms with E-state index in [0.717, 1.165) is 52.7 Å². The lowest BCUT2D eigenvalue weighted by molar-refractivity contribution is -0.154. The van der Waals surface area contributed by atoms with E-state index in [1.54, 1.807) is 12.0 Å². The molecule has 0 bridgehead atoms. The van der Waals surface area contributed by atoms with Crippen molar-refractivity contribution in [3.05, 3.63) is 71.8 Å². The number of unbranched alkanes of at least 4 members (excludes halogenated alkanes) is 2. The van der Waals surface area contributed by atoms with Crippen molar-refractivity contribution in [2.45, 2.75) is 103 Å². The van der Waals surface area contributed by atoms with E-state index in [4.69, 9.17) is 33.2 Å². The minimum atomic E-state index is -0.665. The molecule has 0 unspecified atom stereocenters. The van der Waals surface area contributed by atoms with Gasteiger partial charge in [0.05, 0.1) is 58.8 Å². The van der Waals surface area contributed by atoms with Crippen molar-refractivity contribution in [3.8, 4) is 11.5 Å². The van der Waals surface area contributed by atoms with Crippen LogP contribution in [0.3, 0.4) is 0 Å². The second kappa shape index (κ2) is 15.9. The van der Waals surface area contributed by atoms with Crippen LogP contribution < -0.4 is 9.47 Å². The molecule has 2 fully saturated rings. The maximum Gasteiger partial charge on any atom is 0.410 e. The molecule has 2 saturated heterocycles. The molecule has 0 aromatic heterocycles. The van der Waals surface area contributed by atoms with Crippen LogP contribution in [0.5, 0.6) is 11.5 Å². The van der Waals surface area contributed by atoms with Crippen molar-refractivity contribution in [2.24, 2.45) is 0 Å². The molecule has 9 heteroatoms. The maximum absolute atomic E-state index is 13.5. The van der Waals surface area contributed by atoms with E-state index in [-0.39, 0.29) is 12.0 Å². The Bertz CT molecular complexity index is 1480. The van der Waals surface area contributed by atoms with Crippen molar-refractivity contribution in [3.63, 3.8) is 0 Å². The van der Waals surface area contributed by atoms with Gasteiger partial charge in [-0.2, -0.15) is 0 Å². The average molecular weight is 664 g/mol. The Kier molecular flexibility index (Phi) is 11.9. The Morgan fingerprint density at radius 1 is 0.979 bits per heavy atom. The zero-order valence-corrected chi connectivity index (χ0v) is 29.7. The molecule has 48 heavy (non-hydrogen) atoms. The molecule has 2 aliphatic heterocycles. The fraction of sp³-hybridized carbons (Fsp3) is 0.564. The molecule has 0 radical (unpaired) electrons. The predicted molar refractivity (Wildman–Crippen MR) is 186 cm³/mol. The van der Waals surface area contributed by atoms with E-state index in [9.17, 15) is 4.79 Å². The van der Waals surface area contributed by atoms with Crippen LogP contribution in [0.15, 0.2) is 60.7 Å². The van der Waals surface area contributed by atoms with Gasteiger partial charge in [-0.1, -0.05) is 56.2 Å². The highest BCUT2D eigenvalue weighted by Crippen LogP contribution is 2.36. The van der Waals surface area contributed by atoms with Gasteiger partial charge in [-0.25, -0.2) is 4.79 Å². The quantitative estimate of drug-likeness (QED) is 0.171. The van der Waals surface area contributed by atoms with E-state index >= 15 is 0 Å². The highest BCUT2D eigenvalue weighted by molar-refractivity contribution is 5.89. The minimum absolute atomic E-state index is 0.185. The molecule has 0 N–H and O–H groups in total. The number of benzene rings is 3. The van der Waals surface area contributed by atoms with Crippen LogP contribution >= 0.6 is 0 Å². The summed E-state index contributed by atoms with van der Waals surface area (Å²) in [5, 5.41) is 2.12. The zero-order chi connectivity index (χ0) is 34.3. The number of hydrogen-bond acceptors (Lipinski definition) is 8. The van der Waals surface area contributed by atoms with E-state index in [1.807, 2.05) is 71.0 Å². The maximum atomic E-state index is 13.5. The van der Waals surface area contributed by atoms with Gasteiger partial charge in [0.1, 0.15) is 23.2 Å². The summed E-state index contributed by atoms with van der Waals surface area (Å²) in [6.45, 7) is 14.1. The number of amides is 1. The number of ether oxygens (including phenoxy) is 7. The lowest BCUT2D eigenvalue weighted by Crippen LogP contribution is -2.55. The lowest BCUT2D eigenvalue weighted by atomic mass is 9.84. The molecule has 0 spiro atoms. The second-order valence-corrected chi connectivity index (χ2v) is 14.2.